The number of H-pyrrole nitrogens is 1. The molecule has 6 nitrogen and oxygen atoms in total. The van der Waals surface area contributed by atoms with Gasteiger partial charge >= 0.3 is 5.97 Å². The number of hydrogen-bond acceptors (Lipinski definition) is 5. The van der Waals surface area contributed by atoms with E-state index in [1.54, 1.807) is 31.2 Å². The van der Waals surface area contributed by atoms with E-state index in [0.717, 1.165) is 0 Å². The maximum Gasteiger partial charge on any atom is 0.338 e. The van der Waals surface area contributed by atoms with E-state index in [-0.39, 0.29) is 22.6 Å². The highest BCUT2D eigenvalue weighted by Gasteiger charge is 2.17. The molecule has 7 heteroatoms. The highest BCUT2D eigenvalue weighted by molar-refractivity contribution is 6.33. The molecule has 1 atom stereocenters. The third-order valence-electron chi connectivity index (χ3n) is 3.53. The number of para-hydroxylation sites is 1. The first-order valence-electron chi connectivity index (χ1n) is 7.20. The number of benzene rings is 2. The second-order valence-corrected chi connectivity index (χ2v) is 5.66. The largest absolute Gasteiger partial charge is 0.451 e. The Hall–Kier alpha value is -2.86. The lowest BCUT2D eigenvalue weighted by Gasteiger charge is -2.13. The summed E-state index contributed by atoms with van der Waals surface area (Å²) in [5.41, 5.74) is 6.49. The Morgan fingerprint density at radius 1 is 1.29 bits per heavy atom. The third-order valence-corrected chi connectivity index (χ3v) is 3.88. The van der Waals surface area contributed by atoms with Crippen LogP contribution in [0.2, 0.25) is 5.02 Å². The van der Waals surface area contributed by atoms with Gasteiger partial charge < -0.3 is 15.5 Å². The van der Waals surface area contributed by atoms with Crippen LogP contribution < -0.4 is 11.3 Å². The van der Waals surface area contributed by atoms with Gasteiger partial charge in [-0.05, 0) is 37.3 Å². The average Bonchev–Trinajstić information content (AvgIpc) is 2.57. The van der Waals surface area contributed by atoms with Crippen LogP contribution in [0.1, 0.15) is 29.2 Å². The Morgan fingerprint density at radius 3 is 2.79 bits per heavy atom. The summed E-state index contributed by atoms with van der Waals surface area (Å²) in [6.07, 6.45) is -0.730. The third kappa shape index (κ3) is 3.09. The van der Waals surface area contributed by atoms with Crippen molar-refractivity contribution in [2.75, 3.05) is 5.73 Å². The predicted octanol–water partition coefficient (Wildman–Crippen LogP) is 3.08. The van der Waals surface area contributed by atoms with Crippen molar-refractivity contribution in [3.63, 3.8) is 0 Å². The van der Waals surface area contributed by atoms with E-state index >= 15 is 0 Å². The Labute approximate surface area is 142 Å². The number of aromatic nitrogens is 2. The van der Waals surface area contributed by atoms with Crippen LogP contribution in [0, 0.1) is 0 Å². The number of nitrogen functional groups attached to an aromatic ring is 1. The summed E-state index contributed by atoms with van der Waals surface area (Å²) in [6, 6.07) is 11.4. The monoisotopic (exact) mass is 343 g/mol. The average molecular weight is 344 g/mol. The Balaban J connectivity index is 1.86. The molecule has 3 N–H and O–H groups in total. The Morgan fingerprint density at radius 2 is 2.04 bits per heavy atom. The van der Waals surface area contributed by atoms with Gasteiger partial charge in [0.25, 0.3) is 5.56 Å². The molecular weight excluding hydrogens is 330 g/mol. The molecule has 122 valence electrons. The van der Waals surface area contributed by atoms with E-state index in [1.807, 2.05) is 0 Å². The minimum Gasteiger partial charge on any atom is -0.451 e. The summed E-state index contributed by atoms with van der Waals surface area (Å²) in [7, 11) is 0. The number of nitrogens with one attached hydrogen (secondary N) is 1. The van der Waals surface area contributed by atoms with Crippen molar-refractivity contribution in [2.45, 2.75) is 13.0 Å². The van der Waals surface area contributed by atoms with Crippen molar-refractivity contribution in [1.29, 1.82) is 0 Å². The predicted molar refractivity (Wildman–Crippen MR) is 92.1 cm³/mol. The first-order chi connectivity index (χ1) is 11.5. The van der Waals surface area contributed by atoms with E-state index in [2.05, 4.69) is 9.97 Å². The van der Waals surface area contributed by atoms with Gasteiger partial charge in [-0.1, -0.05) is 23.7 Å². The first kappa shape index (κ1) is 16.0. The summed E-state index contributed by atoms with van der Waals surface area (Å²) in [5, 5.41) is 0.838. The second-order valence-electron chi connectivity index (χ2n) is 5.25. The topological polar surface area (TPSA) is 98.1 Å². The van der Waals surface area contributed by atoms with Gasteiger partial charge in [-0.2, -0.15) is 0 Å². The fourth-order valence-electron chi connectivity index (χ4n) is 2.25. The highest BCUT2D eigenvalue weighted by Crippen LogP contribution is 2.22. The summed E-state index contributed by atoms with van der Waals surface area (Å²) in [6.45, 7) is 1.63. The molecule has 0 bridgehead atoms. The number of halogens is 1. The van der Waals surface area contributed by atoms with Gasteiger partial charge in [0, 0.05) is 0 Å². The molecule has 0 amide bonds. The fraction of sp³-hybridized carbons (Fsp3) is 0.118. The number of anilines is 1. The van der Waals surface area contributed by atoms with Gasteiger partial charge in [0.15, 0.2) is 11.9 Å². The van der Waals surface area contributed by atoms with Gasteiger partial charge in [-0.15, -0.1) is 0 Å². The van der Waals surface area contributed by atoms with Crippen molar-refractivity contribution in [2.24, 2.45) is 0 Å². The summed E-state index contributed by atoms with van der Waals surface area (Å²) in [4.78, 5) is 31.2. The van der Waals surface area contributed by atoms with Crippen LogP contribution in [0.5, 0.6) is 0 Å². The molecule has 0 saturated carbocycles. The van der Waals surface area contributed by atoms with Gasteiger partial charge in [-0.3, -0.25) is 4.79 Å². The van der Waals surface area contributed by atoms with Crippen LogP contribution in [-0.4, -0.2) is 15.9 Å². The number of nitrogens with two attached hydrogens (primary N) is 1. The Kier molecular flexibility index (Phi) is 4.22. The van der Waals surface area contributed by atoms with E-state index < -0.39 is 12.1 Å². The quantitative estimate of drug-likeness (QED) is 0.562. The van der Waals surface area contributed by atoms with Gasteiger partial charge in [-0.25, -0.2) is 9.78 Å². The van der Waals surface area contributed by atoms with Gasteiger partial charge in [0.2, 0.25) is 0 Å². The molecule has 1 aromatic heterocycles. The van der Waals surface area contributed by atoms with E-state index in [0.29, 0.717) is 15.9 Å². The van der Waals surface area contributed by atoms with Crippen LogP contribution in [0.25, 0.3) is 10.9 Å². The second kappa shape index (κ2) is 6.33. The number of aromatic amines is 1. The fourth-order valence-corrected chi connectivity index (χ4v) is 2.37. The van der Waals surface area contributed by atoms with Crippen LogP contribution in [-0.2, 0) is 4.74 Å². The first-order valence-corrected chi connectivity index (χ1v) is 7.58. The van der Waals surface area contributed by atoms with E-state index in [9.17, 15) is 9.59 Å². The number of fused-ring (bicyclic) bond motifs is 1. The zero-order valence-electron chi connectivity index (χ0n) is 12.7. The number of esters is 1. The normalized spacial score (nSPS) is 12.1. The van der Waals surface area contributed by atoms with Gasteiger partial charge in [0.05, 0.1) is 27.2 Å². The molecule has 3 rings (SSSR count). The number of ether oxygens (including phenoxy) is 1. The Bertz CT molecular complexity index is 984. The molecule has 0 radical (unpaired) electrons. The molecule has 24 heavy (non-hydrogen) atoms. The minimum absolute atomic E-state index is 0.270. The zero-order chi connectivity index (χ0) is 17.3. The summed E-state index contributed by atoms with van der Waals surface area (Å²) >= 11 is 5.83. The molecule has 0 fully saturated rings. The number of nitrogens with zero attached hydrogens (tertiary/aromatic N) is 1. The molecule has 0 aliphatic carbocycles. The standard InChI is InChI=1S/C17H14ClN3O3/c1-9(24-17(23)10-6-7-12(18)13(19)8-10)15-20-14-5-3-2-4-11(14)16(22)21-15/h2-9H,19H2,1H3,(H,20,21,22)/t9-/m1/s1. The molecule has 2 aromatic carbocycles. The van der Waals surface area contributed by atoms with E-state index in [1.165, 1.54) is 18.2 Å². The molecule has 0 saturated heterocycles. The van der Waals surface area contributed by atoms with Crippen LogP contribution in [0.3, 0.4) is 0 Å². The van der Waals surface area contributed by atoms with Crippen LogP contribution >= 0.6 is 11.6 Å². The van der Waals surface area contributed by atoms with Crippen molar-refractivity contribution < 1.29 is 9.53 Å². The molecule has 3 aromatic rings. The zero-order valence-corrected chi connectivity index (χ0v) is 13.5. The minimum atomic E-state index is -0.730. The SMILES string of the molecule is C[C@@H](OC(=O)c1ccc(Cl)c(N)c1)c1nc2ccccc2c(=O)[nH]1. The van der Waals surface area contributed by atoms with E-state index in [4.69, 9.17) is 22.1 Å². The number of carbonyl (C=O) groups excluding carboxylic acids is 1. The van der Waals surface area contributed by atoms with Gasteiger partial charge in [0.1, 0.15) is 0 Å². The highest BCUT2D eigenvalue weighted by atomic mass is 35.5. The number of rotatable bonds is 3. The number of carbonyl (C=O) groups is 1. The maximum atomic E-state index is 12.2. The summed E-state index contributed by atoms with van der Waals surface area (Å²) in [5.74, 6) is -0.310. The van der Waals surface area contributed by atoms with Crippen molar-refractivity contribution in [1.82, 2.24) is 9.97 Å². The molecule has 0 unspecified atom stereocenters. The molecular formula is C17H14ClN3O3. The molecule has 0 aliphatic heterocycles. The van der Waals surface area contributed by atoms with Crippen molar-refractivity contribution in [3.05, 3.63) is 69.2 Å². The van der Waals surface area contributed by atoms with Crippen LogP contribution in [0.15, 0.2) is 47.3 Å². The van der Waals surface area contributed by atoms with Crippen molar-refractivity contribution in [3.8, 4) is 0 Å². The summed E-state index contributed by atoms with van der Waals surface area (Å²) < 4.78 is 5.35. The lowest BCUT2D eigenvalue weighted by molar-refractivity contribution is 0.0320. The smallest absolute Gasteiger partial charge is 0.338 e. The molecule has 0 spiro atoms. The van der Waals surface area contributed by atoms with Crippen LogP contribution in [0.4, 0.5) is 5.69 Å². The molecule has 1 heterocycles. The lowest BCUT2D eigenvalue weighted by atomic mass is 10.2. The molecule has 0 aliphatic rings. The van der Waals surface area contributed by atoms with Crippen molar-refractivity contribution >= 4 is 34.2 Å². The number of hydrogen-bond donors (Lipinski definition) is 2. The maximum absolute atomic E-state index is 12.2. The lowest BCUT2D eigenvalue weighted by Crippen LogP contribution is -2.17.